The number of nitrogens with two attached hydrogens (primary N) is 1. The highest BCUT2D eigenvalue weighted by Gasteiger charge is 2.10. The van der Waals surface area contributed by atoms with Crippen LogP contribution in [-0.2, 0) is 6.54 Å². The van der Waals surface area contributed by atoms with Crippen molar-refractivity contribution in [3.63, 3.8) is 0 Å². The molecule has 1 aromatic carbocycles. The predicted molar refractivity (Wildman–Crippen MR) is 71.0 cm³/mol. The van der Waals surface area contributed by atoms with E-state index in [9.17, 15) is 0 Å². The van der Waals surface area contributed by atoms with Crippen molar-refractivity contribution >= 4 is 22.2 Å². The van der Waals surface area contributed by atoms with Gasteiger partial charge in [0.1, 0.15) is 10.7 Å². The molecule has 0 fully saturated rings. The molecule has 2 rings (SSSR count). The number of benzene rings is 1. The fourth-order valence-corrected chi connectivity index (χ4v) is 2.09. The second-order valence-corrected chi connectivity index (χ2v) is 4.64. The Morgan fingerprint density at radius 3 is 3.00 bits per heavy atom. The average Bonchev–Trinajstić information content (AvgIpc) is 2.76. The molecule has 0 aliphatic heterocycles. The fraction of sp³-hybridized carbons (Fsp3) is 0.273. The van der Waals surface area contributed by atoms with E-state index in [1.54, 1.807) is 0 Å². The molecule has 0 saturated carbocycles. The number of nitrogens with zero attached hydrogens (tertiary/aromatic N) is 3. The van der Waals surface area contributed by atoms with Crippen molar-refractivity contribution in [3.05, 3.63) is 35.5 Å². The zero-order valence-electron chi connectivity index (χ0n) is 9.84. The van der Waals surface area contributed by atoms with Crippen LogP contribution in [-0.4, -0.2) is 16.6 Å². The van der Waals surface area contributed by atoms with Crippen molar-refractivity contribution < 1.29 is 0 Å². The Labute approximate surface area is 104 Å². The average molecular weight is 249 g/mol. The lowest BCUT2D eigenvalue weighted by molar-refractivity contribution is 0.872. The van der Waals surface area contributed by atoms with Crippen LogP contribution in [0.1, 0.15) is 11.3 Å². The lowest BCUT2D eigenvalue weighted by Gasteiger charge is -2.18. The molecular weight excluding hydrogens is 234 g/mol. The molecule has 6 heteroatoms. The standard InChI is InChI=1S/C11H15N5S/c1-8-4-3-5-9(6-8)16(2)7-10-11(13-12)17-15-14-10/h3-6,13H,7,12H2,1-2H3. The smallest absolute Gasteiger partial charge is 0.149 e. The zero-order valence-corrected chi connectivity index (χ0v) is 10.7. The van der Waals surface area contributed by atoms with Gasteiger partial charge in [0.25, 0.3) is 0 Å². The fourth-order valence-electron chi connectivity index (χ4n) is 1.60. The highest BCUT2D eigenvalue weighted by Crippen LogP contribution is 2.21. The van der Waals surface area contributed by atoms with Crippen LogP contribution in [0.15, 0.2) is 24.3 Å². The Balaban J connectivity index is 2.14. The van der Waals surface area contributed by atoms with Crippen LogP contribution in [0.4, 0.5) is 10.7 Å². The number of hydrogen-bond donors (Lipinski definition) is 2. The molecular formula is C11H15N5S. The van der Waals surface area contributed by atoms with Crippen LogP contribution in [0, 0.1) is 6.92 Å². The van der Waals surface area contributed by atoms with Crippen molar-refractivity contribution in [2.45, 2.75) is 13.5 Å². The summed E-state index contributed by atoms with van der Waals surface area (Å²) < 4.78 is 3.88. The third-order valence-electron chi connectivity index (χ3n) is 2.52. The van der Waals surface area contributed by atoms with Crippen molar-refractivity contribution in [1.29, 1.82) is 0 Å². The number of anilines is 2. The number of hydrazine groups is 1. The maximum atomic E-state index is 5.40. The summed E-state index contributed by atoms with van der Waals surface area (Å²) in [7, 11) is 2.02. The van der Waals surface area contributed by atoms with Crippen LogP contribution in [0.3, 0.4) is 0 Å². The maximum absolute atomic E-state index is 5.40. The summed E-state index contributed by atoms with van der Waals surface area (Å²) in [5.74, 6) is 5.40. The molecule has 0 atom stereocenters. The third-order valence-corrected chi connectivity index (χ3v) is 3.22. The highest BCUT2D eigenvalue weighted by molar-refractivity contribution is 7.10. The van der Waals surface area contributed by atoms with E-state index in [1.165, 1.54) is 17.1 Å². The number of aromatic nitrogens is 2. The van der Waals surface area contributed by atoms with Crippen LogP contribution in [0.25, 0.3) is 0 Å². The molecule has 0 bridgehead atoms. The van der Waals surface area contributed by atoms with Crippen molar-refractivity contribution in [2.24, 2.45) is 5.84 Å². The zero-order chi connectivity index (χ0) is 12.3. The Morgan fingerprint density at radius 1 is 1.47 bits per heavy atom. The minimum Gasteiger partial charge on any atom is -0.368 e. The second kappa shape index (κ2) is 5.11. The first kappa shape index (κ1) is 11.8. The Bertz CT molecular complexity index is 496. The van der Waals surface area contributed by atoms with Gasteiger partial charge < -0.3 is 10.3 Å². The molecule has 0 radical (unpaired) electrons. The lowest BCUT2D eigenvalue weighted by atomic mass is 10.2. The first-order valence-corrected chi connectivity index (χ1v) is 6.03. The van der Waals surface area contributed by atoms with Gasteiger partial charge in [-0.05, 0) is 24.6 Å². The number of aryl methyl sites for hydroxylation is 1. The first-order valence-electron chi connectivity index (χ1n) is 5.26. The van der Waals surface area contributed by atoms with E-state index in [4.69, 9.17) is 5.84 Å². The number of hydrogen-bond acceptors (Lipinski definition) is 6. The minimum atomic E-state index is 0.680. The van der Waals surface area contributed by atoms with Crippen LogP contribution in [0.5, 0.6) is 0 Å². The van der Waals surface area contributed by atoms with E-state index in [0.717, 1.165) is 16.4 Å². The topological polar surface area (TPSA) is 67.1 Å². The van der Waals surface area contributed by atoms with Crippen LogP contribution < -0.4 is 16.2 Å². The van der Waals surface area contributed by atoms with Crippen molar-refractivity contribution in [1.82, 2.24) is 9.59 Å². The van der Waals surface area contributed by atoms with Gasteiger partial charge in [0, 0.05) is 24.3 Å². The van der Waals surface area contributed by atoms with Crippen LogP contribution >= 0.6 is 11.5 Å². The molecule has 2 aromatic rings. The largest absolute Gasteiger partial charge is 0.368 e. The number of rotatable bonds is 4. The van der Waals surface area contributed by atoms with Crippen molar-refractivity contribution in [3.8, 4) is 0 Å². The van der Waals surface area contributed by atoms with Gasteiger partial charge in [-0.1, -0.05) is 16.6 Å². The number of nitrogens with one attached hydrogen (secondary N) is 1. The summed E-state index contributed by atoms with van der Waals surface area (Å²) in [6.07, 6.45) is 0. The molecule has 5 nitrogen and oxygen atoms in total. The van der Waals surface area contributed by atoms with Gasteiger partial charge in [0.2, 0.25) is 0 Å². The van der Waals surface area contributed by atoms with E-state index in [1.807, 2.05) is 13.1 Å². The van der Waals surface area contributed by atoms with E-state index in [-0.39, 0.29) is 0 Å². The summed E-state index contributed by atoms with van der Waals surface area (Å²) in [5, 5.41) is 4.87. The molecule has 0 aliphatic rings. The Kier molecular flexibility index (Phi) is 3.55. The van der Waals surface area contributed by atoms with Gasteiger partial charge in [-0.25, -0.2) is 5.84 Å². The van der Waals surface area contributed by atoms with Gasteiger partial charge in [-0.3, -0.25) is 0 Å². The Morgan fingerprint density at radius 2 is 2.29 bits per heavy atom. The van der Waals surface area contributed by atoms with Crippen LogP contribution in [0.2, 0.25) is 0 Å². The summed E-state index contributed by atoms with van der Waals surface area (Å²) >= 11 is 1.27. The highest BCUT2D eigenvalue weighted by atomic mass is 32.1. The monoisotopic (exact) mass is 249 g/mol. The number of nitrogen functional groups attached to an aromatic ring is 1. The molecule has 1 heterocycles. The summed E-state index contributed by atoms with van der Waals surface area (Å²) in [6.45, 7) is 2.76. The van der Waals surface area contributed by atoms with E-state index in [2.05, 4.69) is 45.0 Å². The SMILES string of the molecule is Cc1cccc(N(C)Cc2nnsc2NN)c1. The van der Waals surface area contributed by atoms with Gasteiger partial charge in [0.15, 0.2) is 0 Å². The molecule has 0 amide bonds. The van der Waals surface area contributed by atoms with Gasteiger partial charge in [-0.15, -0.1) is 5.10 Å². The first-order chi connectivity index (χ1) is 8.20. The molecule has 0 saturated heterocycles. The van der Waals surface area contributed by atoms with E-state index in [0.29, 0.717) is 6.54 Å². The molecule has 3 N–H and O–H groups in total. The van der Waals surface area contributed by atoms with E-state index < -0.39 is 0 Å². The quantitative estimate of drug-likeness (QED) is 0.638. The lowest BCUT2D eigenvalue weighted by Crippen LogP contribution is -2.18. The van der Waals surface area contributed by atoms with E-state index >= 15 is 0 Å². The molecule has 90 valence electrons. The normalized spacial score (nSPS) is 10.3. The molecule has 0 unspecified atom stereocenters. The molecule has 0 spiro atoms. The van der Waals surface area contributed by atoms with Crippen molar-refractivity contribution in [2.75, 3.05) is 17.4 Å². The molecule has 17 heavy (non-hydrogen) atoms. The van der Waals surface area contributed by atoms with Gasteiger partial charge in [0.05, 0.1) is 6.54 Å². The maximum Gasteiger partial charge on any atom is 0.149 e. The third kappa shape index (κ3) is 2.72. The van der Waals surface area contributed by atoms with Gasteiger partial charge >= 0.3 is 0 Å². The van der Waals surface area contributed by atoms with Gasteiger partial charge in [-0.2, -0.15) is 0 Å². The summed E-state index contributed by atoms with van der Waals surface area (Å²) in [4.78, 5) is 2.12. The summed E-state index contributed by atoms with van der Waals surface area (Å²) in [5.41, 5.74) is 5.87. The molecule has 0 aliphatic carbocycles. The Hall–Kier alpha value is -1.66. The predicted octanol–water partition coefficient (Wildman–Crippen LogP) is 1.77. The minimum absolute atomic E-state index is 0.680. The summed E-state index contributed by atoms with van der Waals surface area (Å²) in [6, 6.07) is 8.33. The second-order valence-electron chi connectivity index (χ2n) is 3.89. The molecule has 1 aromatic heterocycles.